The van der Waals surface area contributed by atoms with Gasteiger partial charge in [-0.2, -0.15) is 0 Å². The van der Waals surface area contributed by atoms with E-state index < -0.39 is 0 Å². The Kier molecular flexibility index (Phi) is 1.53. The van der Waals surface area contributed by atoms with Gasteiger partial charge in [-0.1, -0.05) is 11.6 Å². The van der Waals surface area contributed by atoms with E-state index in [1.165, 1.54) is 0 Å². The molecule has 0 bridgehead atoms. The smallest absolute Gasteiger partial charge is 0.140 e. The zero-order chi connectivity index (χ0) is 5.98. The van der Waals surface area contributed by atoms with E-state index in [4.69, 9.17) is 11.6 Å². The van der Waals surface area contributed by atoms with Crippen LogP contribution in [0.2, 0.25) is 0 Å². The fourth-order valence-electron chi connectivity index (χ4n) is 0.468. The Hall–Kier alpha value is -0.500. The lowest BCUT2D eigenvalue weighted by atomic mass is 10.4. The molecule has 1 unspecified atom stereocenters. The van der Waals surface area contributed by atoms with Gasteiger partial charge in [-0.3, -0.25) is 4.99 Å². The van der Waals surface area contributed by atoms with E-state index in [1.807, 2.05) is 6.92 Å². The van der Waals surface area contributed by atoms with Crippen LogP contribution in [0.1, 0.15) is 6.92 Å². The summed E-state index contributed by atoms with van der Waals surface area (Å²) in [5.74, 6) is 0. The summed E-state index contributed by atoms with van der Waals surface area (Å²) in [6, 6.07) is 0. The number of alkyl halides is 1. The average molecular weight is 131 g/mol. The Morgan fingerprint density at radius 1 is 1.88 bits per heavy atom. The van der Waals surface area contributed by atoms with Crippen molar-refractivity contribution in [3.05, 3.63) is 12.4 Å². The zero-order valence-corrected chi connectivity index (χ0v) is 5.31. The molecule has 8 heavy (non-hydrogen) atoms. The molecule has 2 nitrogen and oxygen atoms in total. The summed E-state index contributed by atoms with van der Waals surface area (Å²) in [4.78, 5) is 3.95. The summed E-state index contributed by atoms with van der Waals surface area (Å²) >= 11 is 5.67. The largest absolute Gasteiger partial charge is 0.369 e. The zero-order valence-electron chi connectivity index (χ0n) is 4.56. The van der Waals surface area contributed by atoms with E-state index in [-0.39, 0.29) is 5.50 Å². The van der Waals surface area contributed by atoms with E-state index in [0.29, 0.717) is 0 Å². The highest BCUT2D eigenvalue weighted by Gasteiger charge is 2.05. The predicted molar refractivity (Wildman–Crippen MR) is 35.0 cm³/mol. The van der Waals surface area contributed by atoms with Crippen LogP contribution in [0.4, 0.5) is 0 Å². The first-order chi connectivity index (χ1) is 3.80. The minimum atomic E-state index is -0.111. The summed E-state index contributed by atoms with van der Waals surface area (Å²) < 4.78 is 0. The summed E-state index contributed by atoms with van der Waals surface area (Å²) in [6.45, 7) is 1.88. The molecule has 3 heteroatoms. The highest BCUT2D eigenvalue weighted by atomic mass is 35.5. The maximum atomic E-state index is 5.67. The average Bonchev–Trinajstić information content (AvgIpc) is 1.77. The van der Waals surface area contributed by atoms with Gasteiger partial charge in [0.15, 0.2) is 0 Å². The number of nitrogens with one attached hydrogen (secondary N) is 1. The van der Waals surface area contributed by atoms with Crippen LogP contribution >= 0.6 is 11.6 Å². The first kappa shape index (κ1) is 5.63. The summed E-state index contributed by atoms with van der Waals surface area (Å²) in [5.41, 5.74) is 0.800. The fourth-order valence-corrected chi connectivity index (χ4v) is 0.597. The second kappa shape index (κ2) is 2.18. The number of hydrogen-bond acceptors (Lipinski definition) is 2. The standard InChI is InChI=1S/C5H7ClN2/c1-4-5(6)8-3-2-7-4/h2-3,5,8H,1H3. The SMILES string of the molecule is CC1=NC=CNC1Cl. The quantitative estimate of drug-likeness (QED) is 0.385. The molecule has 0 aromatic carbocycles. The second-order valence-corrected chi connectivity index (χ2v) is 2.05. The van der Waals surface area contributed by atoms with Crippen molar-refractivity contribution in [1.82, 2.24) is 5.32 Å². The van der Waals surface area contributed by atoms with Crippen LogP contribution in [-0.4, -0.2) is 11.2 Å². The Labute approximate surface area is 53.3 Å². The van der Waals surface area contributed by atoms with Gasteiger partial charge < -0.3 is 5.32 Å². The molecule has 0 aliphatic carbocycles. The highest BCUT2D eigenvalue weighted by molar-refractivity contribution is 6.31. The molecule has 44 valence electrons. The van der Waals surface area contributed by atoms with E-state index in [0.717, 1.165) is 5.71 Å². The minimum absolute atomic E-state index is 0.111. The normalized spacial score (nSPS) is 26.8. The first-order valence-electron chi connectivity index (χ1n) is 2.40. The van der Waals surface area contributed by atoms with Gasteiger partial charge >= 0.3 is 0 Å². The molecule has 1 N–H and O–H groups in total. The number of halogens is 1. The van der Waals surface area contributed by atoms with E-state index in [1.54, 1.807) is 12.4 Å². The lowest BCUT2D eigenvalue weighted by Crippen LogP contribution is -2.27. The number of hydrogen-bond donors (Lipinski definition) is 1. The highest BCUT2D eigenvalue weighted by Crippen LogP contribution is 1.99. The van der Waals surface area contributed by atoms with Crippen LogP contribution < -0.4 is 5.32 Å². The van der Waals surface area contributed by atoms with Gasteiger partial charge in [-0.15, -0.1) is 0 Å². The Morgan fingerprint density at radius 2 is 2.62 bits per heavy atom. The van der Waals surface area contributed by atoms with E-state index in [2.05, 4.69) is 10.3 Å². The van der Waals surface area contributed by atoms with Gasteiger partial charge in [-0.25, -0.2) is 0 Å². The predicted octanol–water partition coefficient (Wildman–Crippen LogP) is 1.09. The van der Waals surface area contributed by atoms with Gasteiger partial charge in [0.25, 0.3) is 0 Å². The molecule has 1 aliphatic rings. The van der Waals surface area contributed by atoms with Crippen LogP contribution in [0.15, 0.2) is 17.4 Å². The van der Waals surface area contributed by atoms with Crippen molar-refractivity contribution in [2.75, 3.05) is 0 Å². The molecule has 0 aromatic rings. The Bertz CT molecular complexity index is 139. The first-order valence-corrected chi connectivity index (χ1v) is 2.84. The van der Waals surface area contributed by atoms with Crippen LogP contribution in [-0.2, 0) is 0 Å². The number of nitrogens with zero attached hydrogens (tertiary/aromatic N) is 1. The summed E-state index contributed by atoms with van der Waals surface area (Å²) in [6.07, 6.45) is 3.42. The minimum Gasteiger partial charge on any atom is -0.369 e. The van der Waals surface area contributed by atoms with Gasteiger partial charge in [0, 0.05) is 12.4 Å². The van der Waals surface area contributed by atoms with Crippen LogP contribution in [0.25, 0.3) is 0 Å². The van der Waals surface area contributed by atoms with E-state index >= 15 is 0 Å². The van der Waals surface area contributed by atoms with Crippen molar-refractivity contribution >= 4 is 17.3 Å². The van der Waals surface area contributed by atoms with Crippen LogP contribution in [0.5, 0.6) is 0 Å². The van der Waals surface area contributed by atoms with E-state index in [9.17, 15) is 0 Å². The lowest BCUT2D eigenvalue weighted by molar-refractivity contribution is 0.920. The molecule has 0 radical (unpaired) electrons. The van der Waals surface area contributed by atoms with Crippen LogP contribution in [0.3, 0.4) is 0 Å². The lowest BCUT2D eigenvalue weighted by Gasteiger charge is -2.10. The molecule has 0 saturated heterocycles. The monoisotopic (exact) mass is 130 g/mol. The van der Waals surface area contributed by atoms with Crippen molar-refractivity contribution in [1.29, 1.82) is 0 Å². The molecule has 0 saturated carbocycles. The topological polar surface area (TPSA) is 24.4 Å². The van der Waals surface area contributed by atoms with Crippen molar-refractivity contribution in [3.8, 4) is 0 Å². The number of aliphatic imine (C=N–C) groups is 1. The van der Waals surface area contributed by atoms with Gasteiger partial charge in [0.1, 0.15) is 5.50 Å². The molecular weight excluding hydrogens is 124 g/mol. The van der Waals surface area contributed by atoms with Gasteiger partial charge in [0.2, 0.25) is 0 Å². The maximum Gasteiger partial charge on any atom is 0.140 e. The molecule has 0 spiro atoms. The maximum absolute atomic E-state index is 5.67. The second-order valence-electron chi connectivity index (χ2n) is 1.62. The Morgan fingerprint density at radius 3 is 3.00 bits per heavy atom. The molecular formula is C5H7ClN2. The van der Waals surface area contributed by atoms with Crippen molar-refractivity contribution in [3.63, 3.8) is 0 Å². The number of rotatable bonds is 0. The molecule has 0 amide bonds. The third-order valence-corrected chi connectivity index (χ3v) is 1.40. The van der Waals surface area contributed by atoms with Crippen molar-refractivity contribution in [2.24, 2.45) is 4.99 Å². The summed E-state index contributed by atoms with van der Waals surface area (Å²) in [5, 5.41) is 2.89. The molecule has 0 aromatic heterocycles. The molecule has 1 aliphatic heterocycles. The van der Waals surface area contributed by atoms with Gasteiger partial charge in [0.05, 0.1) is 5.71 Å². The van der Waals surface area contributed by atoms with Crippen molar-refractivity contribution < 1.29 is 0 Å². The third kappa shape index (κ3) is 1.01. The molecule has 1 heterocycles. The molecule has 1 rings (SSSR count). The van der Waals surface area contributed by atoms with Crippen LogP contribution in [0, 0.1) is 0 Å². The Balaban J connectivity index is 2.66. The third-order valence-electron chi connectivity index (χ3n) is 0.962. The van der Waals surface area contributed by atoms with Crippen molar-refractivity contribution in [2.45, 2.75) is 12.4 Å². The van der Waals surface area contributed by atoms with Gasteiger partial charge in [-0.05, 0) is 6.92 Å². The summed E-state index contributed by atoms with van der Waals surface area (Å²) in [7, 11) is 0. The fraction of sp³-hybridized carbons (Fsp3) is 0.400. The molecule has 0 fully saturated rings. The molecule has 1 atom stereocenters.